The smallest absolute Gasteiger partial charge is 0.0697 e. The molecule has 0 aromatic rings. The maximum absolute atomic E-state index is 8.62. The van der Waals surface area contributed by atoms with Crippen LogP contribution in [-0.2, 0) is 18.9 Å². The van der Waals surface area contributed by atoms with Crippen molar-refractivity contribution in [2.75, 3.05) is 60.0 Å². The largest absolute Gasteiger partial charge is 0.394 e. The lowest BCUT2D eigenvalue weighted by molar-refractivity contribution is 0.0927. The summed E-state index contributed by atoms with van der Waals surface area (Å²) in [6, 6.07) is 0. The second kappa shape index (κ2) is 18.8. The van der Waals surface area contributed by atoms with E-state index in [0.717, 1.165) is 56.3 Å². The summed E-state index contributed by atoms with van der Waals surface area (Å²) in [5.74, 6) is 0. The molecule has 0 fully saturated rings. The summed E-state index contributed by atoms with van der Waals surface area (Å²) in [6.07, 6.45) is 5.15. The Hall–Kier alpha value is -0.980. The first-order chi connectivity index (χ1) is 12.6. The Kier molecular flexibility index (Phi) is 18.1. The third kappa shape index (κ3) is 17.8. The zero-order chi connectivity index (χ0) is 19.5. The van der Waals surface area contributed by atoms with Gasteiger partial charge in [-0.15, -0.1) is 0 Å². The van der Waals surface area contributed by atoms with Gasteiger partial charge >= 0.3 is 0 Å². The molecule has 5 nitrogen and oxygen atoms in total. The van der Waals surface area contributed by atoms with Crippen LogP contribution in [0.3, 0.4) is 0 Å². The monoisotopic (exact) mass is 370 g/mol. The summed E-state index contributed by atoms with van der Waals surface area (Å²) in [7, 11) is 1.70. The van der Waals surface area contributed by atoms with Crippen LogP contribution >= 0.6 is 0 Å². The first-order valence-electron chi connectivity index (χ1n) is 9.43. The van der Waals surface area contributed by atoms with Crippen LogP contribution in [0, 0.1) is 0 Å². The number of methoxy groups -OCH3 is 1. The summed E-state index contributed by atoms with van der Waals surface area (Å²) < 4.78 is 21.5. The third-order valence-electron chi connectivity index (χ3n) is 3.90. The fraction of sp³-hybridized carbons (Fsp3) is 0.714. The molecule has 0 aliphatic rings. The fourth-order valence-corrected chi connectivity index (χ4v) is 2.07. The molecule has 0 saturated heterocycles. The van der Waals surface area contributed by atoms with Crippen molar-refractivity contribution in [1.29, 1.82) is 0 Å². The van der Waals surface area contributed by atoms with Gasteiger partial charge in [-0.1, -0.05) is 36.5 Å². The van der Waals surface area contributed by atoms with Crippen LogP contribution in [0.4, 0.5) is 0 Å². The van der Waals surface area contributed by atoms with E-state index < -0.39 is 0 Å². The van der Waals surface area contributed by atoms with E-state index >= 15 is 0 Å². The molecule has 0 heterocycles. The first-order valence-corrected chi connectivity index (χ1v) is 9.43. The van der Waals surface area contributed by atoms with Gasteiger partial charge in [0.2, 0.25) is 0 Å². The van der Waals surface area contributed by atoms with Gasteiger partial charge in [-0.05, 0) is 38.5 Å². The van der Waals surface area contributed by atoms with Crippen molar-refractivity contribution in [3.05, 3.63) is 36.5 Å². The summed E-state index contributed by atoms with van der Waals surface area (Å²) in [4.78, 5) is 0. The van der Waals surface area contributed by atoms with Crippen LogP contribution in [0.5, 0.6) is 0 Å². The Morgan fingerprint density at radius 2 is 0.885 bits per heavy atom. The average Bonchev–Trinajstić information content (AvgIpc) is 2.63. The van der Waals surface area contributed by atoms with E-state index in [9.17, 15) is 0 Å². The standard InChI is InChI=1S/C21H38O5/c1-19(5-12-23-4)6-13-24-14-7-20(2)8-15-25-16-9-21(3)10-17-26-18-11-22/h22H,1-3,5-18H2,4H3. The highest BCUT2D eigenvalue weighted by Crippen LogP contribution is 2.08. The molecule has 0 aliphatic carbocycles. The van der Waals surface area contributed by atoms with Crippen LogP contribution in [0.25, 0.3) is 0 Å². The van der Waals surface area contributed by atoms with E-state index in [0.29, 0.717) is 39.6 Å². The second-order valence-electron chi connectivity index (χ2n) is 6.30. The quantitative estimate of drug-likeness (QED) is 0.262. The number of aliphatic hydroxyl groups is 1. The molecule has 152 valence electrons. The summed E-state index contributed by atoms with van der Waals surface area (Å²) in [6.45, 7) is 16.6. The first kappa shape index (κ1) is 25.0. The van der Waals surface area contributed by atoms with E-state index in [2.05, 4.69) is 19.7 Å². The molecule has 0 amide bonds. The van der Waals surface area contributed by atoms with Crippen LogP contribution in [0.1, 0.15) is 38.5 Å². The summed E-state index contributed by atoms with van der Waals surface area (Å²) in [5.41, 5.74) is 3.43. The minimum absolute atomic E-state index is 0.0637. The molecular formula is C21H38O5. The molecule has 5 heteroatoms. The van der Waals surface area contributed by atoms with Crippen LogP contribution in [-0.4, -0.2) is 65.1 Å². The fourth-order valence-electron chi connectivity index (χ4n) is 2.07. The molecular weight excluding hydrogens is 332 g/mol. The highest BCUT2D eigenvalue weighted by atomic mass is 16.5. The molecule has 0 bridgehead atoms. The minimum atomic E-state index is 0.0637. The number of aliphatic hydroxyl groups excluding tert-OH is 1. The molecule has 0 aliphatic heterocycles. The van der Waals surface area contributed by atoms with Crippen molar-refractivity contribution in [3.63, 3.8) is 0 Å². The van der Waals surface area contributed by atoms with Gasteiger partial charge in [-0.2, -0.15) is 0 Å². The predicted molar refractivity (Wildman–Crippen MR) is 107 cm³/mol. The van der Waals surface area contributed by atoms with Gasteiger partial charge in [0.05, 0.1) is 46.2 Å². The Labute approximate surface area is 159 Å². The topological polar surface area (TPSA) is 57.2 Å². The van der Waals surface area contributed by atoms with E-state index in [1.807, 2.05) is 0 Å². The number of ether oxygens (including phenoxy) is 4. The Bertz CT molecular complexity index is 379. The molecule has 0 radical (unpaired) electrons. The van der Waals surface area contributed by atoms with Gasteiger partial charge in [0, 0.05) is 13.7 Å². The number of hydrogen-bond donors (Lipinski definition) is 1. The van der Waals surface area contributed by atoms with Crippen LogP contribution < -0.4 is 0 Å². The molecule has 0 saturated carbocycles. The van der Waals surface area contributed by atoms with Crippen molar-refractivity contribution in [2.24, 2.45) is 0 Å². The lowest BCUT2D eigenvalue weighted by Gasteiger charge is -2.10. The Morgan fingerprint density at radius 3 is 1.19 bits per heavy atom. The molecule has 0 rings (SSSR count). The highest BCUT2D eigenvalue weighted by Gasteiger charge is 2.00. The van der Waals surface area contributed by atoms with Crippen LogP contribution in [0.2, 0.25) is 0 Å². The van der Waals surface area contributed by atoms with E-state index in [1.54, 1.807) is 7.11 Å². The van der Waals surface area contributed by atoms with Gasteiger partial charge in [0.1, 0.15) is 0 Å². The Balaban J connectivity index is 3.39. The van der Waals surface area contributed by atoms with Gasteiger partial charge in [-0.3, -0.25) is 0 Å². The normalized spacial score (nSPS) is 10.8. The molecule has 0 atom stereocenters. The second-order valence-corrected chi connectivity index (χ2v) is 6.30. The lowest BCUT2D eigenvalue weighted by atomic mass is 10.1. The molecule has 26 heavy (non-hydrogen) atoms. The molecule has 0 spiro atoms. The van der Waals surface area contributed by atoms with Gasteiger partial charge in [0.15, 0.2) is 0 Å². The van der Waals surface area contributed by atoms with Crippen molar-refractivity contribution in [3.8, 4) is 0 Å². The van der Waals surface area contributed by atoms with E-state index in [1.165, 1.54) is 5.57 Å². The minimum Gasteiger partial charge on any atom is -0.394 e. The molecule has 1 N–H and O–H groups in total. The maximum Gasteiger partial charge on any atom is 0.0697 e. The third-order valence-corrected chi connectivity index (χ3v) is 3.90. The average molecular weight is 371 g/mol. The van der Waals surface area contributed by atoms with Crippen molar-refractivity contribution < 1.29 is 24.1 Å². The molecule has 0 unspecified atom stereocenters. The van der Waals surface area contributed by atoms with Crippen molar-refractivity contribution >= 4 is 0 Å². The maximum atomic E-state index is 8.62. The van der Waals surface area contributed by atoms with Crippen molar-refractivity contribution in [2.45, 2.75) is 38.5 Å². The van der Waals surface area contributed by atoms with E-state index in [-0.39, 0.29) is 6.61 Å². The number of rotatable bonds is 20. The molecule has 0 aromatic heterocycles. The van der Waals surface area contributed by atoms with Gasteiger partial charge in [-0.25, -0.2) is 0 Å². The van der Waals surface area contributed by atoms with Gasteiger partial charge < -0.3 is 24.1 Å². The SMILES string of the molecule is C=C(CCOC)CCOCCC(=C)CCOCCC(=C)CCOCCO. The van der Waals surface area contributed by atoms with E-state index in [4.69, 9.17) is 24.1 Å². The zero-order valence-corrected chi connectivity index (χ0v) is 16.6. The zero-order valence-electron chi connectivity index (χ0n) is 16.6. The summed E-state index contributed by atoms with van der Waals surface area (Å²) in [5, 5.41) is 8.62. The lowest BCUT2D eigenvalue weighted by Crippen LogP contribution is -2.04. The van der Waals surface area contributed by atoms with Crippen molar-refractivity contribution in [1.82, 2.24) is 0 Å². The molecule has 0 aromatic carbocycles. The number of hydrogen-bond acceptors (Lipinski definition) is 5. The predicted octanol–water partition coefficient (Wildman–Crippen LogP) is 3.68. The Morgan fingerprint density at radius 1 is 0.577 bits per heavy atom. The van der Waals surface area contributed by atoms with Gasteiger partial charge in [0.25, 0.3) is 0 Å². The summed E-state index contributed by atoms with van der Waals surface area (Å²) >= 11 is 0. The van der Waals surface area contributed by atoms with Crippen LogP contribution in [0.15, 0.2) is 36.5 Å². The highest BCUT2D eigenvalue weighted by molar-refractivity contribution is 4.95.